The minimum atomic E-state index is 0.341. The van der Waals surface area contributed by atoms with Crippen LogP contribution in [0.1, 0.15) is 30.3 Å². The van der Waals surface area contributed by atoms with Gasteiger partial charge in [0.15, 0.2) is 11.0 Å². The largest absolute Gasteiger partial charge is 0.496 e. The van der Waals surface area contributed by atoms with Gasteiger partial charge in [-0.05, 0) is 43.2 Å². The number of thioether (sulfide) groups is 1. The Morgan fingerprint density at radius 2 is 2.00 bits per heavy atom. The van der Waals surface area contributed by atoms with E-state index in [0.29, 0.717) is 23.4 Å². The molecule has 0 saturated heterocycles. The van der Waals surface area contributed by atoms with Crippen molar-refractivity contribution < 1.29 is 9.47 Å². The first kappa shape index (κ1) is 19.6. The Morgan fingerprint density at radius 3 is 2.75 bits per heavy atom. The summed E-state index contributed by atoms with van der Waals surface area (Å²) in [6, 6.07) is 13.9. The summed E-state index contributed by atoms with van der Waals surface area (Å²) in [5, 5.41) is 10.3. The number of benzene rings is 2. The van der Waals surface area contributed by atoms with Crippen LogP contribution in [0.3, 0.4) is 0 Å². The molecule has 3 aromatic rings. The number of halogens is 2. The molecule has 0 atom stereocenters. The van der Waals surface area contributed by atoms with Gasteiger partial charge in [-0.25, -0.2) is 0 Å². The van der Waals surface area contributed by atoms with Crippen LogP contribution in [0.5, 0.6) is 11.5 Å². The van der Waals surface area contributed by atoms with E-state index < -0.39 is 0 Å². The van der Waals surface area contributed by atoms with Gasteiger partial charge in [-0.2, -0.15) is 0 Å². The molecule has 0 N–H and O–H groups in total. The van der Waals surface area contributed by atoms with Gasteiger partial charge in [-0.3, -0.25) is 4.57 Å². The molecule has 1 heterocycles. The third-order valence-electron chi connectivity index (χ3n) is 4.44. The molecule has 5 nitrogen and oxygen atoms in total. The van der Waals surface area contributed by atoms with E-state index in [0.717, 1.165) is 45.4 Å². The van der Waals surface area contributed by atoms with Crippen LogP contribution in [-0.4, -0.2) is 21.9 Å². The minimum Gasteiger partial charge on any atom is -0.496 e. The number of para-hydroxylation sites is 1. The fraction of sp³-hybridized carbons (Fsp3) is 0.300. The fourth-order valence-corrected chi connectivity index (χ4v) is 4.51. The van der Waals surface area contributed by atoms with Crippen molar-refractivity contribution in [3.05, 3.63) is 63.3 Å². The van der Waals surface area contributed by atoms with Crippen LogP contribution in [0.15, 0.2) is 52.1 Å². The van der Waals surface area contributed by atoms with Crippen molar-refractivity contribution in [3.63, 3.8) is 0 Å². The molecule has 1 aliphatic carbocycles. The highest BCUT2D eigenvalue weighted by Gasteiger charge is 2.30. The van der Waals surface area contributed by atoms with Crippen molar-refractivity contribution in [3.8, 4) is 11.5 Å². The first-order valence-corrected chi connectivity index (χ1v) is 11.1. The quantitative estimate of drug-likeness (QED) is 0.375. The molecule has 0 unspecified atom stereocenters. The number of nitrogens with zero attached hydrogens (tertiary/aromatic N) is 3. The first-order valence-electron chi connectivity index (χ1n) is 8.92. The lowest BCUT2D eigenvalue weighted by Gasteiger charge is -2.12. The van der Waals surface area contributed by atoms with Gasteiger partial charge in [0.1, 0.15) is 18.1 Å². The highest BCUT2D eigenvalue weighted by molar-refractivity contribution is 9.10. The molecule has 2 aromatic carbocycles. The second-order valence-corrected chi connectivity index (χ2v) is 8.73. The molecular weight excluding hydrogens is 462 g/mol. The Hall–Kier alpha value is -1.70. The van der Waals surface area contributed by atoms with Gasteiger partial charge in [0.05, 0.1) is 12.1 Å². The van der Waals surface area contributed by atoms with E-state index in [9.17, 15) is 0 Å². The van der Waals surface area contributed by atoms with E-state index in [1.54, 1.807) is 18.9 Å². The maximum Gasteiger partial charge on any atom is 0.191 e. The molecular formula is C20H19BrClN3O2S. The van der Waals surface area contributed by atoms with E-state index in [1.807, 2.05) is 36.4 Å². The van der Waals surface area contributed by atoms with Gasteiger partial charge >= 0.3 is 0 Å². The second-order valence-electron chi connectivity index (χ2n) is 6.46. The third kappa shape index (κ3) is 4.47. The number of methoxy groups -OCH3 is 1. The number of hydrogen-bond donors (Lipinski definition) is 0. The maximum atomic E-state index is 6.18. The summed E-state index contributed by atoms with van der Waals surface area (Å²) in [4.78, 5) is 0. The monoisotopic (exact) mass is 479 g/mol. The molecule has 1 aliphatic rings. The standard InChI is InChI=1S/C20H19BrClN3O2S/c1-26-17-9-6-14(21)10-13(17)12-28-20-24-23-19(25(20)15-7-8-15)11-27-18-5-3-2-4-16(18)22/h2-6,9-10,15H,7-8,11-12H2,1H3. The number of rotatable bonds is 8. The lowest BCUT2D eigenvalue weighted by Crippen LogP contribution is -2.07. The molecule has 28 heavy (non-hydrogen) atoms. The molecule has 0 bridgehead atoms. The molecule has 4 rings (SSSR count). The molecule has 0 radical (unpaired) electrons. The molecule has 0 aliphatic heterocycles. The van der Waals surface area contributed by atoms with E-state index in [-0.39, 0.29) is 0 Å². The molecule has 146 valence electrons. The lowest BCUT2D eigenvalue weighted by atomic mass is 10.2. The van der Waals surface area contributed by atoms with Crippen molar-refractivity contribution in [1.82, 2.24) is 14.8 Å². The molecule has 1 saturated carbocycles. The predicted molar refractivity (Wildman–Crippen MR) is 114 cm³/mol. The Balaban J connectivity index is 1.50. The van der Waals surface area contributed by atoms with Gasteiger partial charge in [0.25, 0.3) is 0 Å². The Kier molecular flexibility index (Phi) is 6.13. The van der Waals surface area contributed by atoms with Gasteiger partial charge in [0.2, 0.25) is 0 Å². The highest BCUT2D eigenvalue weighted by atomic mass is 79.9. The zero-order valence-corrected chi connectivity index (χ0v) is 18.4. The van der Waals surface area contributed by atoms with Crippen LogP contribution in [0.25, 0.3) is 0 Å². The van der Waals surface area contributed by atoms with Crippen LogP contribution in [0, 0.1) is 0 Å². The van der Waals surface area contributed by atoms with E-state index in [2.05, 4.69) is 36.8 Å². The van der Waals surface area contributed by atoms with Crippen LogP contribution in [0.2, 0.25) is 5.02 Å². The molecule has 1 aromatic heterocycles. The Bertz CT molecular complexity index is 978. The van der Waals surface area contributed by atoms with Crippen molar-refractivity contribution in [2.45, 2.75) is 36.4 Å². The molecule has 0 spiro atoms. The molecule has 1 fully saturated rings. The van der Waals surface area contributed by atoms with Crippen LogP contribution < -0.4 is 9.47 Å². The summed E-state index contributed by atoms with van der Waals surface area (Å²) in [6.07, 6.45) is 2.29. The van der Waals surface area contributed by atoms with Crippen molar-refractivity contribution in [2.24, 2.45) is 0 Å². The predicted octanol–water partition coefficient (Wildman–Crippen LogP) is 5.91. The minimum absolute atomic E-state index is 0.341. The lowest BCUT2D eigenvalue weighted by molar-refractivity contribution is 0.288. The van der Waals surface area contributed by atoms with Gasteiger partial charge in [-0.1, -0.05) is 51.4 Å². The van der Waals surface area contributed by atoms with Gasteiger partial charge < -0.3 is 9.47 Å². The zero-order chi connectivity index (χ0) is 19.5. The first-order chi connectivity index (χ1) is 13.7. The number of ether oxygens (including phenoxy) is 2. The van der Waals surface area contributed by atoms with Gasteiger partial charge in [-0.15, -0.1) is 10.2 Å². The second kappa shape index (κ2) is 8.76. The normalized spacial score (nSPS) is 13.5. The topological polar surface area (TPSA) is 49.2 Å². The fourth-order valence-electron chi connectivity index (χ4n) is 2.91. The average molecular weight is 481 g/mol. The van der Waals surface area contributed by atoms with Crippen LogP contribution in [0.4, 0.5) is 0 Å². The summed E-state index contributed by atoms with van der Waals surface area (Å²) in [5.41, 5.74) is 1.11. The van der Waals surface area contributed by atoms with Gasteiger partial charge in [0, 0.05) is 21.8 Å². The average Bonchev–Trinajstić information content (AvgIpc) is 3.46. The molecule has 8 heteroatoms. The van der Waals surface area contributed by atoms with Crippen molar-refractivity contribution in [1.29, 1.82) is 0 Å². The van der Waals surface area contributed by atoms with E-state index in [4.69, 9.17) is 21.1 Å². The Labute approximate surface area is 181 Å². The Morgan fingerprint density at radius 1 is 1.18 bits per heavy atom. The van der Waals surface area contributed by atoms with Crippen LogP contribution in [-0.2, 0) is 12.4 Å². The van der Waals surface area contributed by atoms with E-state index in [1.165, 1.54) is 0 Å². The SMILES string of the molecule is COc1ccc(Br)cc1CSc1nnc(COc2ccccc2Cl)n1C1CC1. The maximum absolute atomic E-state index is 6.18. The number of hydrogen-bond acceptors (Lipinski definition) is 5. The molecule has 0 amide bonds. The van der Waals surface area contributed by atoms with Crippen molar-refractivity contribution in [2.75, 3.05) is 7.11 Å². The van der Waals surface area contributed by atoms with Crippen LogP contribution >= 0.6 is 39.3 Å². The smallest absolute Gasteiger partial charge is 0.191 e. The summed E-state index contributed by atoms with van der Waals surface area (Å²) in [6.45, 7) is 0.341. The third-order valence-corrected chi connectivity index (χ3v) is 6.24. The van der Waals surface area contributed by atoms with Crippen molar-refractivity contribution >= 4 is 39.3 Å². The highest BCUT2D eigenvalue weighted by Crippen LogP contribution is 2.40. The summed E-state index contributed by atoms with van der Waals surface area (Å²) in [5.74, 6) is 3.10. The summed E-state index contributed by atoms with van der Waals surface area (Å²) >= 11 is 11.4. The van der Waals surface area contributed by atoms with E-state index >= 15 is 0 Å². The summed E-state index contributed by atoms with van der Waals surface area (Å²) in [7, 11) is 1.69. The summed E-state index contributed by atoms with van der Waals surface area (Å²) < 4.78 is 14.6. The number of aromatic nitrogens is 3. The zero-order valence-electron chi connectivity index (χ0n) is 15.3.